The van der Waals surface area contributed by atoms with E-state index in [1.807, 2.05) is 24.3 Å². The second-order valence-corrected chi connectivity index (χ2v) is 5.18. The summed E-state index contributed by atoms with van der Waals surface area (Å²) in [7, 11) is 0. The first-order valence-electron chi connectivity index (χ1n) is 6.66. The summed E-state index contributed by atoms with van der Waals surface area (Å²) < 4.78 is 0. The number of likely N-dealkylation sites (tertiary alicyclic amines) is 1. The molecule has 0 bridgehead atoms. The third-order valence-corrected chi connectivity index (χ3v) is 4.22. The minimum absolute atomic E-state index is 0.204. The maximum Gasteiger partial charge on any atom is 0.408 e. The molecule has 2 unspecified atom stereocenters. The van der Waals surface area contributed by atoms with Crippen molar-refractivity contribution in [2.24, 2.45) is 0 Å². The molecule has 6 nitrogen and oxygen atoms in total. The zero-order chi connectivity index (χ0) is 14.3. The van der Waals surface area contributed by atoms with Crippen LogP contribution in [0.1, 0.15) is 12.8 Å². The molecule has 0 spiro atoms. The van der Waals surface area contributed by atoms with Crippen molar-refractivity contribution >= 4 is 12.2 Å². The van der Waals surface area contributed by atoms with E-state index in [4.69, 9.17) is 5.11 Å². The monoisotopic (exact) mass is 276 g/mol. The van der Waals surface area contributed by atoms with Crippen LogP contribution in [-0.2, 0) is 0 Å². The summed E-state index contributed by atoms with van der Waals surface area (Å²) in [6.07, 6.45) is 6.84. The van der Waals surface area contributed by atoms with Crippen molar-refractivity contribution in [2.75, 3.05) is 13.1 Å². The maximum absolute atomic E-state index is 11.6. The fourth-order valence-corrected chi connectivity index (χ4v) is 3.34. The van der Waals surface area contributed by atoms with E-state index in [2.05, 4.69) is 0 Å². The Labute approximate surface area is 116 Å². The summed E-state index contributed by atoms with van der Waals surface area (Å²) in [5.41, 5.74) is 2.09. The Hall–Kier alpha value is -2.24. The normalized spacial score (nSPS) is 28.2. The van der Waals surface area contributed by atoms with Crippen molar-refractivity contribution in [2.45, 2.75) is 24.9 Å². The highest BCUT2D eigenvalue weighted by Crippen LogP contribution is 2.38. The van der Waals surface area contributed by atoms with Gasteiger partial charge in [0.1, 0.15) is 0 Å². The summed E-state index contributed by atoms with van der Waals surface area (Å²) in [5.74, 6) is 0. The molecule has 2 N–H and O–H groups in total. The largest absolute Gasteiger partial charge is 0.465 e. The number of allylic oxidation sites excluding steroid dienone is 2. The van der Waals surface area contributed by atoms with Crippen molar-refractivity contribution in [3.8, 4) is 0 Å². The molecule has 2 amide bonds. The van der Waals surface area contributed by atoms with Gasteiger partial charge in [-0.1, -0.05) is 24.3 Å². The summed E-state index contributed by atoms with van der Waals surface area (Å²) in [4.78, 5) is 25.4. The highest BCUT2D eigenvalue weighted by Gasteiger charge is 2.42. The van der Waals surface area contributed by atoms with E-state index in [1.54, 1.807) is 0 Å². The highest BCUT2D eigenvalue weighted by molar-refractivity contribution is 5.71. The molecule has 1 saturated heterocycles. The van der Waals surface area contributed by atoms with E-state index in [-0.39, 0.29) is 12.1 Å². The van der Waals surface area contributed by atoms with Gasteiger partial charge in [-0.2, -0.15) is 0 Å². The van der Waals surface area contributed by atoms with Crippen LogP contribution in [0.2, 0.25) is 0 Å². The SMILES string of the molecule is O=C(O)N1CCC2=C3C=CC=CC3N(C(=O)O)C2CC1. The molecule has 6 heteroatoms. The fraction of sp³-hybridized carbons (Fsp3) is 0.429. The van der Waals surface area contributed by atoms with Gasteiger partial charge >= 0.3 is 12.2 Å². The molecule has 1 aliphatic carbocycles. The van der Waals surface area contributed by atoms with Crippen LogP contribution in [0.5, 0.6) is 0 Å². The van der Waals surface area contributed by atoms with Gasteiger partial charge in [0.25, 0.3) is 0 Å². The maximum atomic E-state index is 11.6. The van der Waals surface area contributed by atoms with Gasteiger partial charge in [0.15, 0.2) is 0 Å². The summed E-state index contributed by atoms with van der Waals surface area (Å²) >= 11 is 0. The van der Waals surface area contributed by atoms with Crippen LogP contribution in [-0.4, -0.2) is 57.4 Å². The molecule has 0 aromatic heterocycles. The van der Waals surface area contributed by atoms with Crippen molar-refractivity contribution in [3.05, 3.63) is 35.5 Å². The molecule has 0 radical (unpaired) electrons. The summed E-state index contributed by atoms with van der Waals surface area (Å²) in [5, 5.41) is 18.6. The van der Waals surface area contributed by atoms with E-state index in [9.17, 15) is 14.7 Å². The average Bonchev–Trinajstić information content (AvgIpc) is 2.57. The Bertz CT molecular complexity index is 549. The number of amides is 2. The number of rotatable bonds is 0. The number of hydrogen-bond donors (Lipinski definition) is 2. The number of carbonyl (C=O) groups is 2. The Morgan fingerprint density at radius 2 is 1.95 bits per heavy atom. The van der Waals surface area contributed by atoms with Crippen LogP contribution in [0.4, 0.5) is 9.59 Å². The molecule has 2 heterocycles. The molecular weight excluding hydrogens is 260 g/mol. The number of carboxylic acid groups (broad SMARTS) is 2. The van der Waals surface area contributed by atoms with Gasteiger partial charge in [0.2, 0.25) is 0 Å². The lowest BCUT2D eigenvalue weighted by Gasteiger charge is -2.28. The topological polar surface area (TPSA) is 81.1 Å². The fourth-order valence-electron chi connectivity index (χ4n) is 3.34. The molecule has 3 rings (SSSR count). The van der Waals surface area contributed by atoms with Crippen LogP contribution in [0, 0.1) is 0 Å². The standard InChI is InChI=1S/C14H16N2O4/c17-13(18)15-7-5-10-9-3-1-2-4-11(9)16(14(19)20)12(10)6-8-15/h1-4,11-12H,5-8H2,(H,17,18)(H,19,20). The minimum Gasteiger partial charge on any atom is -0.465 e. The number of fused-ring (bicyclic) bond motifs is 2. The molecule has 3 aliphatic rings. The molecule has 0 aromatic rings. The van der Waals surface area contributed by atoms with E-state index >= 15 is 0 Å². The van der Waals surface area contributed by atoms with Gasteiger partial charge in [-0.3, -0.25) is 4.90 Å². The lowest BCUT2D eigenvalue weighted by Crippen LogP contribution is -2.42. The predicted octanol–water partition coefficient (Wildman–Crippen LogP) is 1.91. The Morgan fingerprint density at radius 3 is 2.65 bits per heavy atom. The summed E-state index contributed by atoms with van der Waals surface area (Å²) in [6, 6.07) is -0.418. The minimum atomic E-state index is -0.948. The number of nitrogens with zero attached hydrogens (tertiary/aromatic N) is 2. The van der Waals surface area contributed by atoms with Gasteiger partial charge < -0.3 is 15.1 Å². The molecule has 0 saturated carbocycles. The Kier molecular flexibility index (Phi) is 3.00. The zero-order valence-corrected chi connectivity index (χ0v) is 10.9. The van der Waals surface area contributed by atoms with Gasteiger partial charge in [0.05, 0.1) is 12.1 Å². The first-order chi connectivity index (χ1) is 9.59. The Balaban J connectivity index is 1.96. The smallest absolute Gasteiger partial charge is 0.408 e. The van der Waals surface area contributed by atoms with Crippen molar-refractivity contribution in [1.29, 1.82) is 0 Å². The zero-order valence-electron chi connectivity index (χ0n) is 10.9. The molecule has 2 atom stereocenters. The van der Waals surface area contributed by atoms with Crippen LogP contribution in [0.15, 0.2) is 35.5 Å². The molecular formula is C14H16N2O4. The lowest BCUT2D eigenvalue weighted by molar-refractivity contribution is 0.126. The number of hydrogen-bond acceptors (Lipinski definition) is 2. The molecule has 0 aromatic carbocycles. The molecule has 2 aliphatic heterocycles. The third-order valence-electron chi connectivity index (χ3n) is 4.22. The van der Waals surface area contributed by atoms with E-state index < -0.39 is 12.2 Å². The molecule has 1 fully saturated rings. The van der Waals surface area contributed by atoms with Gasteiger partial charge in [-0.15, -0.1) is 0 Å². The van der Waals surface area contributed by atoms with Crippen molar-refractivity contribution in [1.82, 2.24) is 9.80 Å². The van der Waals surface area contributed by atoms with E-state index in [0.29, 0.717) is 25.9 Å². The highest BCUT2D eigenvalue weighted by atomic mass is 16.4. The molecule has 106 valence electrons. The van der Waals surface area contributed by atoms with Gasteiger partial charge in [0, 0.05) is 13.1 Å². The third kappa shape index (κ3) is 1.88. The van der Waals surface area contributed by atoms with Crippen LogP contribution in [0.25, 0.3) is 0 Å². The lowest BCUT2D eigenvalue weighted by atomic mass is 9.96. The van der Waals surface area contributed by atoms with Crippen molar-refractivity contribution < 1.29 is 19.8 Å². The second-order valence-electron chi connectivity index (χ2n) is 5.18. The van der Waals surface area contributed by atoms with E-state index in [1.165, 1.54) is 9.80 Å². The van der Waals surface area contributed by atoms with Gasteiger partial charge in [-0.05, 0) is 24.0 Å². The second kappa shape index (κ2) is 4.70. The van der Waals surface area contributed by atoms with E-state index in [0.717, 1.165) is 11.1 Å². The first-order valence-corrected chi connectivity index (χ1v) is 6.66. The van der Waals surface area contributed by atoms with Crippen molar-refractivity contribution in [3.63, 3.8) is 0 Å². The van der Waals surface area contributed by atoms with Crippen LogP contribution >= 0.6 is 0 Å². The van der Waals surface area contributed by atoms with Crippen LogP contribution in [0.3, 0.4) is 0 Å². The Morgan fingerprint density at radius 1 is 1.15 bits per heavy atom. The average molecular weight is 276 g/mol. The van der Waals surface area contributed by atoms with Crippen LogP contribution < -0.4 is 0 Å². The predicted molar refractivity (Wildman–Crippen MR) is 71.6 cm³/mol. The quantitative estimate of drug-likeness (QED) is 0.708. The first kappa shape index (κ1) is 12.8. The summed E-state index contributed by atoms with van der Waals surface area (Å²) in [6.45, 7) is 0.809. The molecule has 20 heavy (non-hydrogen) atoms. The van der Waals surface area contributed by atoms with Gasteiger partial charge in [-0.25, -0.2) is 9.59 Å².